The zero-order valence-electron chi connectivity index (χ0n) is 14.0. The molecule has 2 aromatic rings. The molecule has 0 aromatic heterocycles. The van der Waals surface area contributed by atoms with Crippen LogP contribution in [0.5, 0.6) is 0 Å². The third-order valence-electron chi connectivity index (χ3n) is 4.22. The van der Waals surface area contributed by atoms with Crippen molar-refractivity contribution in [2.75, 3.05) is 36.4 Å². The predicted molar refractivity (Wildman–Crippen MR) is 105 cm³/mol. The van der Waals surface area contributed by atoms with Crippen molar-refractivity contribution in [1.82, 2.24) is 4.90 Å². The van der Waals surface area contributed by atoms with E-state index >= 15 is 0 Å². The first kappa shape index (κ1) is 17.8. The molecule has 1 aliphatic rings. The summed E-state index contributed by atoms with van der Waals surface area (Å²) in [5, 5.41) is 13.5. The Balaban J connectivity index is 1.55. The number of carbonyl (C=O) groups excluding carboxylic acids is 1. The van der Waals surface area contributed by atoms with Gasteiger partial charge < -0.3 is 15.1 Å². The third kappa shape index (κ3) is 4.15. The van der Waals surface area contributed by atoms with Crippen molar-refractivity contribution in [2.45, 2.75) is 0 Å². The molecule has 0 bridgehead atoms. The average Bonchev–Trinajstić information content (AvgIpc) is 2.68. The zero-order valence-corrected chi connectivity index (χ0v) is 14.8. The fourth-order valence-electron chi connectivity index (χ4n) is 2.80. The van der Waals surface area contributed by atoms with Gasteiger partial charge in [-0.3, -0.25) is 14.9 Å². The Morgan fingerprint density at radius 2 is 1.62 bits per heavy atom. The molecule has 1 saturated heterocycles. The number of nitrogens with zero attached hydrogens (tertiary/aromatic N) is 3. The summed E-state index contributed by atoms with van der Waals surface area (Å²) in [7, 11) is 0. The summed E-state index contributed by atoms with van der Waals surface area (Å²) in [4.78, 5) is 26.9. The number of nitrogens with one attached hydrogen (secondary N) is 1. The zero-order chi connectivity index (χ0) is 18.5. The topological polar surface area (TPSA) is 78.7 Å². The highest BCUT2D eigenvalue weighted by Gasteiger charge is 2.23. The fraction of sp³-hybridized carbons (Fsp3) is 0.222. The number of nitro groups is 1. The maximum absolute atomic E-state index is 12.3. The Kier molecular flexibility index (Phi) is 5.43. The van der Waals surface area contributed by atoms with Gasteiger partial charge in [0.2, 0.25) is 0 Å². The smallest absolute Gasteiger partial charge is 0.283 e. The Hall–Kier alpha value is -3.00. The first-order chi connectivity index (χ1) is 12.5. The average molecular weight is 370 g/mol. The summed E-state index contributed by atoms with van der Waals surface area (Å²) in [6.07, 6.45) is 0. The Labute approximate surface area is 156 Å². The second-order valence-corrected chi connectivity index (χ2v) is 6.26. The predicted octanol–water partition coefficient (Wildman–Crippen LogP) is 2.68. The normalized spacial score (nSPS) is 14.0. The fourth-order valence-corrected chi connectivity index (χ4v) is 3.04. The second kappa shape index (κ2) is 7.92. The highest BCUT2D eigenvalue weighted by molar-refractivity contribution is 7.82. The summed E-state index contributed by atoms with van der Waals surface area (Å²) < 4.78 is 0. The van der Waals surface area contributed by atoms with Crippen molar-refractivity contribution in [1.29, 1.82) is 0 Å². The molecule has 1 amide bonds. The second-order valence-electron chi connectivity index (χ2n) is 5.87. The lowest BCUT2D eigenvalue weighted by molar-refractivity contribution is -0.384. The van der Waals surface area contributed by atoms with Crippen LogP contribution in [-0.4, -0.2) is 46.9 Å². The molecule has 2 aromatic carbocycles. The molecule has 0 unspecified atom stereocenters. The molecule has 0 saturated carbocycles. The van der Waals surface area contributed by atoms with Crippen molar-refractivity contribution in [3.05, 3.63) is 64.7 Å². The Morgan fingerprint density at radius 3 is 2.19 bits per heavy atom. The SMILES string of the molecule is O=C(Nc1ccccc1)C(=S)N1CCN(c2ccc([N+](=O)[O-])cc2)CC1. The number of carbonyl (C=O) groups is 1. The van der Waals surface area contributed by atoms with Crippen LogP contribution < -0.4 is 10.2 Å². The number of rotatable bonds is 3. The van der Waals surface area contributed by atoms with Gasteiger partial charge in [0, 0.05) is 49.7 Å². The molecule has 1 fully saturated rings. The van der Waals surface area contributed by atoms with Gasteiger partial charge in [-0.05, 0) is 24.3 Å². The summed E-state index contributed by atoms with van der Waals surface area (Å²) in [6.45, 7) is 2.63. The van der Waals surface area contributed by atoms with Gasteiger partial charge in [0.1, 0.15) is 0 Å². The van der Waals surface area contributed by atoms with Gasteiger partial charge in [0.05, 0.1) is 4.92 Å². The van der Waals surface area contributed by atoms with Gasteiger partial charge in [0.25, 0.3) is 11.6 Å². The molecule has 1 aliphatic heterocycles. The first-order valence-electron chi connectivity index (χ1n) is 8.19. The number of benzene rings is 2. The van der Waals surface area contributed by atoms with Crippen LogP contribution in [0.1, 0.15) is 0 Å². The van der Waals surface area contributed by atoms with Crippen LogP contribution in [0.25, 0.3) is 0 Å². The molecule has 0 aliphatic carbocycles. The Morgan fingerprint density at radius 1 is 1.00 bits per heavy atom. The minimum atomic E-state index is -0.411. The molecule has 3 rings (SSSR count). The van der Waals surface area contributed by atoms with E-state index in [4.69, 9.17) is 12.2 Å². The number of non-ortho nitro benzene ring substituents is 1. The number of piperazine rings is 1. The number of para-hydroxylation sites is 1. The summed E-state index contributed by atoms with van der Waals surface area (Å²) in [6, 6.07) is 15.7. The highest BCUT2D eigenvalue weighted by atomic mass is 32.1. The van der Waals surface area contributed by atoms with Crippen LogP contribution in [0.15, 0.2) is 54.6 Å². The highest BCUT2D eigenvalue weighted by Crippen LogP contribution is 2.21. The van der Waals surface area contributed by atoms with E-state index in [1.807, 2.05) is 35.2 Å². The molecule has 0 spiro atoms. The van der Waals surface area contributed by atoms with Gasteiger partial charge in [-0.25, -0.2) is 0 Å². The van der Waals surface area contributed by atoms with Gasteiger partial charge in [0.15, 0.2) is 4.99 Å². The number of amides is 1. The molecule has 7 nitrogen and oxygen atoms in total. The Bertz CT molecular complexity index is 803. The minimum absolute atomic E-state index is 0.0751. The summed E-state index contributed by atoms with van der Waals surface area (Å²) in [5.74, 6) is -0.282. The van der Waals surface area contributed by atoms with E-state index in [0.717, 1.165) is 5.69 Å². The van der Waals surface area contributed by atoms with Crippen LogP contribution >= 0.6 is 12.2 Å². The summed E-state index contributed by atoms with van der Waals surface area (Å²) >= 11 is 5.32. The van der Waals surface area contributed by atoms with Gasteiger partial charge in [-0.15, -0.1) is 0 Å². The van der Waals surface area contributed by atoms with Crippen LogP contribution in [0.3, 0.4) is 0 Å². The van der Waals surface area contributed by atoms with E-state index in [0.29, 0.717) is 31.9 Å². The molecule has 1 heterocycles. The van der Waals surface area contributed by atoms with Crippen molar-refractivity contribution in [3.63, 3.8) is 0 Å². The van der Waals surface area contributed by atoms with Crippen LogP contribution in [0, 0.1) is 10.1 Å². The van der Waals surface area contributed by atoms with Crippen molar-refractivity contribution in [2.24, 2.45) is 0 Å². The van der Waals surface area contributed by atoms with Crippen molar-refractivity contribution >= 4 is 40.2 Å². The minimum Gasteiger partial charge on any atom is -0.368 e. The van der Waals surface area contributed by atoms with Crippen LogP contribution in [0.2, 0.25) is 0 Å². The lowest BCUT2D eigenvalue weighted by atomic mass is 10.2. The van der Waals surface area contributed by atoms with E-state index in [1.54, 1.807) is 12.1 Å². The van der Waals surface area contributed by atoms with Gasteiger partial charge >= 0.3 is 0 Å². The van der Waals surface area contributed by atoms with Gasteiger partial charge in [-0.1, -0.05) is 30.4 Å². The maximum Gasteiger partial charge on any atom is 0.283 e. The standard InChI is InChI=1S/C18H18N4O3S/c23-17(19-14-4-2-1-3-5-14)18(26)21-12-10-20(11-13-21)15-6-8-16(9-7-15)22(24)25/h1-9H,10-13H2,(H,19,23). The van der Waals surface area contributed by atoms with Crippen molar-refractivity contribution < 1.29 is 9.72 Å². The number of nitro benzene ring substituents is 1. The van der Waals surface area contributed by atoms with Crippen molar-refractivity contribution in [3.8, 4) is 0 Å². The van der Waals surface area contributed by atoms with Gasteiger partial charge in [-0.2, -0.15) is 0 Å². The molecule has 0 radical (unpaired) electrons. The summed E-state index contributed by atoms with van der Waals surface area (Å²) in [5.41, 5.74) is 1.71. The monoisotopic (exact) mass is 370 g/mol. The van der Waals surface area contributed by atoms with E-state index in [1.165, 1.54) is 12.1 Å². The quantitative estimate of drug-likeness (QED) is 0.508. The maximum atomic E-state index is 12.3. The lowest BCUT2D eigenvalue weighted by Crippen LogP contribution is -2.51. The number of anilines is 2. The number of hydrogen-bond acceptors (Lipinski definition) is 5. The molecular weight excluding hydrogens is 352 g/mol. The van der Waals surface area contributed by atoms with Crippen LogP contribution in [-0.2, 0) is 4.79 Å². The molecule has 0 atom stereocenters. The molecule has 26 heavy (non-hydrogen) atoms. The number of thiocarbonyl (C=S) groups is 1. The van der Waals surface area contributed by atoms with E-state index < -0.39 is 4.92 Å². The largest absolute Gasteiger partial charge is 0.368 e. The lowest BCUT2D eigenvalue weighted by Gasteiger charge is -2.36. The molecule has 8 heteroatoms. The molecule has 134 valence electrons. The van der Waals surface area contributed by atoms with E-state index in [2.05, 4.69) is 10.2 Å². The van der Waals surface area contributed by atoms with Crippen LogP contribution in [0.4, 0.5) is 17.1 Å². The van der Waals surface area contributed by atoms with E-state index in [-0.39, 0.29) is 16.6 Å². The molecule has 1 N–H and O–H groups in total. The number of hydrogen-bond donors (Lipinski definition) is 1. The third-order valence-corrected chi connectivity index (χ3v) is 4.66. The first-order valence-corrected chi connectivity index (χ1v) is 8.60. The molecular formula is C18H18N4O3S. The van der Waals surface area contributed by atoms with E-state index in [9.17, 15) is 14.9 Å².